The molecule has 7 nitrogen and oxygen atoms in total. The van der Waals surface area contributed by atoms with E-state index in [0.717, 1.165) is 28.7 Å². The van der Waals surface area contributed by atoms with Crippen molar-refractivity contribution in [1.29, 1.82) is 0 Å². The fraction of sp³-hybridized carbons (Fsp3) is 0.370. The number of hydrogen-bond donors (Lipinski definition) is 1. The van der Waals surface area contributed by atoms with Gasteiger partial charge in [-0.3, -0.25) is 14.8 Å². The van der Waals surface area contributed by atoms with E-state index in [1.54, 1.807) is 19.2 Å². The van der Waals surface area contributed by atoms with Crippen LogP contribution in [0.2, 0.25) is 0 Å². The topological polar surface area (TPSA) is 91.7 Å². The second-order valence-corrected chi connectivity index (χ2v) is 11.5. The summed E-state index contributed by atoms with van der Waals surface area (Å²) in [6, 6.07) is 6.69. The van der Waals surface area contributed by atoms with Crippen LogP contribution in [0, 0.1) is 11.7 Å². The van der Waals surface area contributed by atoms with Gasteiger partial charge in [0.2, 0.25) is 15.9 Å². The number of hydrogen-bond acceptors (Lipinski definition) is 5. The summed E-state index contributed by atoms with van der Waals surface area (Å²) in [6.45, 7) is 3.60. The standard InChI is InChI=1S/C27H28F4N4O3S/c1-3-18-13-20(19-5-10-24(33-16-19)27(29,30)31)14-22(32-15-18)17-34-25(36)26(2)11-4-12-35(26)39(37,38)23-8-6-21(28)7-9-23/h5-10,13-16,18H,3-4,11-12,17H2,1-2H3,(H,34,36). The lowest BCUT2D eigenvalue weighted by atomic mass is 9.99. The number of pyridine rings is 1. The average molecular weight is 565 g/mol. The van der Waals surface area contributed by atoms with E-state index in [9.17, 15) is 30.8 Å². The molecule has 39 heavy (non-hydrogen) atoms. The van der Waals surface area contributed by atoms with Gasteiger partial charge in [0.1, 0.15) is 17.1 Å². The Hall–Kier alpha value is -3.38. The lowest BCUT2D eigenvalue weighted by Crippen LogP contribution is -2.55. The van der Waals surface area contributed by atoms with Crippen LogP contribution in [0.25, 0.3) is 5.57 Å². The zero-order valence-corrected chi connectivity index (χ0v) is 22.2. The van der Waals surface area contributed by atoms with Gasteiger partial charge in [0.05, 0.1) is 17.1 Å². The Kier molecular flexibility index (Phi) is 8.08. The number of halogens is 4. The fourth-order valence-electron chi connectivity index (χ4n) is 4.61. The van der Waals surface area contributed by atoms with E-state index in [1.807, 2.05) is 13.0 Å². The average Bonchev–Trinajstić information content (AvgIpc) is 3.19. The maximum absolute atomic E-state index is 13.4. The van der Waals surface area contributed by atoms with Crippen LogP contribution in [-0.4, -0.2) is 48.5 Å². The number of allylic oxidation sites excluding steroid dienone is 3. The van der Waals surface area contributed by atoms with Crippen molar-refractivity contribution in [2.45, 2.75) is 49.7 Å². The predicted molar refractivity (Wildman–Crippen MR) is 139 cm³/mol. The molecule has 2 aliphatic rings. The molecule has 1 aromatic heterocycles. The second-order valence-electron chi connectivity index (χ2n) is 9.63. The summed E-state index contributed by atoms with van der Waals surface area (Å²) < 4.78 is 79.9. The van der Waals surface area contributed by atoms with E-state index in [4.69, 9.17) is 0 Å². The molecule has 1 amide bonds. The zero-order chi connectivity index (χ0) is 28.4. The van der Waals surface area contributed by atoms with Crippen molar-refractivity contribution in [1.82, 2.24) is 14.6 Å². The number of carbonyl (C=O) groups is 1. The van der Waals surface area contributed by atoms with E-state index in [-0.39, 0.29) is 23.9 Å². The number of carbonyl (C=O) groups excluding carboxylic acids is 1. The Balaban J connectivity index is 1.53. The first kappa shape index (κ1) is 28.6. The van der Waals surface area contributed by atoms with Crippen LogP contribution in [0.4, 0.5) is 17.6 Å². The molecule has 1 saturated heterocycles. The zero-order valence-electron chi connectivity index (χ0n) is 21.4. The van der Waals surface area contributed by atoms with Crippen molar-refractivity contribution in [3.05, 3.63) is 77.5 Å². The minimum atomic E-state index is -4.55. The summed E-state index contributed by atoms with van der Waals surface area (Å²) in [7, 11) is -4.06. The number of nitrogens with zero attached hydrogens (tertiary/aromatic N) is 3. The van der Waals surface area contributed by atoms with Crippen LogP contribution in [0.15, 0.2) is 70.3 Å². The molecule has 2 aromatic rings. The summed E-state index contributed by atoms with van der Waals surface area (Å²) >= 11 is 0. The summed E-state index contributed by atoms with van der Waals surface area (Å²) in [6.07, 6.45) is 3.30. The summed E-state index contributed by atoms with van der Waals surface area (Å²) in [4.78, 5) is 21.2. The van der Waals surface area contributed by atoms with E-state index < -0.39 is 39.2 Å². The molecular formula is C27H28F4N4O3S. The molecule has 0 aliphatic carbocycles. The van der Waals surface area contributed by atoms with Gasteiger partial charge in [-0.15, -0.1) is 0 Å². The number of rotatable bonds is 7. The third-order valence-corrected chi connectivity index (χ3v) is 8.94. The van der Waals surface area contributed by atoms with Crippen LogP contribution in [0.1, 0.15) is 44.4 Å². The van der Waals surface area contributed by atoms with Crippen molar-refractivity contribution >= 4 is 27.7 Å². The Labute approximate surface area is 224 Å². The van der Waals surface area contributed by atoms with E-state index in [2.05, 4.69) is 15.3 Å². The minimum absolute atomic E-state index is 0.0306. The smallest absolute Gasteiger partial charge is 0.349 e. The monoisotopic (exact) mass is 564 g/mol. The largest absolute Gasteiger partial charge is 0.433 e. The molecule has 208 valence electrons. The molecule has 0 spiro atoms. The van der Waals surface area contributed by atoms with Crippen LogP contribution in [0.5, 0.6) is 0 Å². The van der Waals surface area contributed by atoms with Crippen molar-refractivity contribution in [2.75, 3.05) is 13.1 Å². The Morgan fingerprint density at radius 2 is 1.90 bits per heavy atom. The van der Waals surface area contributed by atoms with Crippen LogP contribution < -0.4 is 5.32 Å². The lowest BCUT2D eigenvalue weighted by molar-refractivity contribution is -0.141. The molecule has 4 rings (SSSR count). The Morgan fingerprint density at radius 3 is 2.51 bits per heavy atom. The van der Waals surface area contributed by atoms with Gasteiger partial charge < -0.3 is 5.32 Å². The number of benzene rings is 1. The van der Waals surface area contributed by atoms with Crippen molar-refractivity contribution in [2.24, 2.45) is 10.9 Å². The van der Waals surface area contributed by atoms with Crippen molar-refractivity contribution in [3.63, 3.8) is 0 Å². The third-order valence-electron chi connectivity index (χ3n) is 6.90. The minimum Gasteiger partial charge on any atom is -0.349 e. The molecule has 1 aromatic carbocycles. The number of sulfonamides is 1. The molecule has 2 atom stereocenters. The van der Waals surface area contributed by atoms with Gasteiger partial charge in [-0.25, -0.2) is 12.8 Å². The Morgan fingerprint density at radius 1 is 1.18 bits per heavy atom. The van der Waals surface area contributed by atoms with E-state index in [0.29, 0.717) is 36.1 Å². The molecule has 2 aliphatic heterocycles. The molecule has 1 N–H and O–H groups in total. The summed E-state index contributed by atoms with van der Waals surface area (Å²) in [5.74, 6) is -1.17. The molecule has 12 heteroatoms. The normalized spacial score (nSPS) is 22.3. The number of nitrogens with one attached hydrogen (secondary N) is 1. The van der Waals surface area contributed by atoms with Crippen molar-refractivity contribution < 1.29 is 30.8 Å². The van der Waals surface area contributed by atoms with Crippen LogP contribution >= 0.6 is 0 Å². The van der Waals surface area contributed by atoms with Crippen LogP contribution in [-0.2, 0) is 21.0 Å². The first-order valence-corrected chi connectivity index (χ1v) is 13.9. The second kappa shape index (κ2) is 11.0. The van der Waals surface area contributed by atoms with Crippen molar-refractivity contribution in [3.8, 4) is 0 Å². The predicted octanol–water partition coefficient (Wildman–Crippen LogP) is 4.98. The van der Waals surface area contributed by atoms with Gasteiger partial charge in [0.25, 0.3) is 0 Å². The number of aromatic nitrogens is 1. The first-order chi connectivity index (χ1) is 18.3. The quantitative estimate of drug-likeness (QED) is 0.481. The van der Waals surface area contributed by atoms with Gasteiger partial charge in [0, 0.05) is 24.9 Å². The van der Waals surface area contributed by atoms with E-state index >= 15 is 0 Å². The number of amides is 1. The van der Waals surface area contributed by atoms with Gasteiger partial charge in [-0.2, -0.15) is 17.5 Å². The van der Waals surface area contributed by atoms with E-state index in [1.165, 1.54) is 18.2 Å². The SMILES string of the molecule is CCC1C=NC(CNC(=O)C2(C)CCCN2S(=O)(=O)c2ccc(F)cc2)=CC(c2ccc(C(F)(F)F)nc2)=C1. The Bertz CT molecular complexity index is 1420. The number of alkyl halides is 3. The molecule has 0 radical (unpaired) electrons. The highest BCUT2D eigenvalue weighted by Crippen LogP contribution is 2.35. The molecular weight excluding hydrogens is 536 g/mol. The third kappa shape index (κ3) is 6.11. The molecule has 2 unspecified atom stereocenters. The summed E-state index contributed by atoms with van der Waals surface area (Å²) in [5, 5.41) is 2.78. The number of aliphatic imine (C=N–C) groups is 1. The van der Waals surface area contributed by atoms with Gasteiger partial charge in [0.15, 0.2) is 0 Å². The first-order valence-electron chi connectivity index (χ1n) is 12.4. The highest BCUT2D eigenvalue weighted by Gasteiger charge is 2.49. The molecule has 0 bridgehead atoms. The van der Waals surface area contributed by atoms with Gasteiger partial charge in [-0.1, -0.05) is 19.1 Å². The molecule has 1 fully saturated rings. The van der Waals surface area contributed by atoms with Gasteiger partial charge in [-0.05, 0) is 73.7 Å². The summed E-state index contributed by atoms with van der Waals surface area (Å²) in [5.41, 5.74) is -0.845. The highest BCUT2D eigenvalue weighted by molar-refractivity contribution is 7.89. The maximum Gasteiger partial charge on any atom is 0.433 e. The van der Waals surface area contributed by atoms with Crippen LogP contribution in [0.3, 0.4) is 0 Å². The molecule has 0 saturated carbocycles. The molecule has 3 heterocycles. The fourth-order valence-corrected chi connectivity index (χ4v) is 6.42. The lowest BCUT2D eigenvalue weighted by Gasteiger charge is -2.33. The van der Waals surface area contributed by atoms with Gasteiger partial charge >= 0.3 is 6.18 Å². The highest BCUT2D eigenvalue weighted by atomic mass is 32.2. The maximum atomic E-state index is 13.4.